The van der Waals surface area contributed by atoms with Gasteiger partial charge in [0.2, 0.25) is 0 Å². The van der Waals surface area contributed by atoms with Crippen LogP contribution in [0.3, 0.4) is 0 Å². The van der Waals surface area contributed by atoms with E-state index in [-0.39, 0.29) is 29.9 Å². The average molecular weight is 470 g/mol. The normalized spacial score (nSPS) is 18.5. The average Bonchev–Trinajstić information content (AvgIpc) is 3.17. The summed E-state index contributed by atoms with van der Waals surface area (Å²) in [6.07, 6.45) is -2.82. The van der Waals surface area contributed by atoms with Crippen molar-refractivity contribution < 1.29 is 40.2 Å². The Labute approximate surface area is 184 Å². The number of halogens is 7. The Morgan fingerprint density at radius 1 is 0.788 bits per heavy atom. The summed E-state index contributed by atoms with van der Waals surface area (Å²) in [5.41, 5.74) is -0.488. The zero-order chi connectivity index (χ0) is 23.9. The van der Waals surface area contributed by atoms with Gasteiger partial charge in [-0.3, -0.25) is 0 Å². The standard InChI is InChI=1S/C24H17F7O2/c1-12-2-7-21(32-12)14-5-3-13(4-6-14)15-8-17(25)22(18(26)9-15)24(30,31)33-16-10-19(27)23(29)20(28)11-16/h3-6,8-12,21H,2,7H2,1H3. The van der Waals surface area contributed by atoms with Gasteiger partial charge in [-0.2, -0.15) is 8.78 Å². The minimum absolute atomic E-state index is 0.00400. The fourth-order valence-electron chi connectivity index (χ4n) is 3.75. The summed E-state index contributed by atoms with van der Waals surface area (Å²) in [7, 11) is 0. The van der Waals surface area contributed by atoms with E-state index < -0.39 is 46.5 Å². The Bertz CT molecular complexity index is 1130. The lowest BCUT2D eigenvalue weighted by atomic mass is 9.99. The number of ether oxygens (including phenoxy) is 2. The van der Waals surface area contributed by atoms with Crippen molar-refractivity contribution in [3.05, 3.63) is 88.7 Å². The summed E-state index contributed by atoms with van der Waals surface area (Å²) in [6.45, 7) is 1.96. The molecule has 0 bridgehead atoms. The molecule has 0 radical (unpaired) electrons. The third kappa shape index (κ3) is 4.68. The molecular weight excluding hydrogens is 453 g/mol. The Kier molecular flexibility index (Phi) is 6.09. The largest absolute Gasteiger partial charge is 0.432 e. The van der Waals surface area contributed by atoms with Gasteiger partial charge >= 0.3 is 6.11 Å². The molecule has 0 N–H and O–H groups in total. The fraction of sp³-hybridized carbons (Fsp3) is 0.250. The summed E-state index contributed by atoms with van der Waals surface area (Å²) in [6, 6.07) is 8.34. The lowest BCUT2D eigenvalue weighted by Crippen LogP contribution is -2.25. The van der Waals surface area contributed by atoms with E-state index in [2.05, 4.69) is 4.74 Å². The molecule has 33 heavy (non-hydrogen) atoms. The second-order valence-electron chi connectivity index (χ2n) is 7.77. The zero-order valence-electron chi connectivity index (χ0n) is 17.1. The van der Waals surface area contributed by atoms with Crippen molar-refractivity contribution in [1.29, 1.82) is 0 Å². The summed E-state index contributed by atoms with van der Waals surface area (Å²) >= 11 is 0. The fourth-order valence-corrected chi connectivity index (χ4v) is 3.75. The van der Waals surface area contributed by atoms with Crippen molar-refractivity contribution in [1.82, 2.24) is 0 Å². The lowest BCUT2D eigenvalue weighted by Gasteiger charge is -2.20. The molecule has 0 aliphatic carbocycles. The van der Waals surface area contributed by atoms with Crippen LogP contribution in [0, 0.1) is 29.1 Å². The molecule has 1 saturated heterocycles. The van der Waals surface area contributed by atoms with Crippen LogP contribution in [0.25, 0.3) is 11.1 Å². The topological polar surface area (TPSA) is 18.5 Å². The highest BCUT2D eigenvalue weighted by molar-refractivity contribution is 5.64. The molecule has 174 valence electrons. The SMILES string of the molecule is CC1CCC(c2ccc(-c3cc(F)c(C(F)(F)Oc4cc(F)c(F)c(F)c4)c(F)c3)cc2)O1. The monoisotopic (exact) mass is 470 g/mol. The van der Waals surface area contributed by atoms with Crippen molar-refractivity contribution in [2.45, 2.75) is 38.1 Å². The maximum Gasteiger partial charge on any atom is 0.432 e. The molecule has 1 fully saturated rings. The maximum atomic E-state index is 14.6. The molecule has 2 unspecified atom stereocenters. The van der Waals surface area contributed by atoms with Crippen molar-refractivity contribution in [3.8, 4) is 16.9 Å². The van der Waals surface area contributed by atoms with Crippen LogP contribution in [0.2, 0.25) is 0 Å². The first-order valence-electron chi connectivity index (χ1n) is 10.0. The van der Waals surface area contributed by atoms with Gasteiger partial charge in [-0.25, -0.2) is 22.0 Å². The van der Waals surface area contributed by atoms with E-state index in [9.17, 15) is 30.7 Å². The van der Waals surface area contributed by atoms with Crippen LogP contribution in [0.4, 0.5) is 30.7 Å². The first kappa shape index (κ1) is 23.1. The van der Waals surface area contributed by atoms with Gasteiger partial charge in [-0.15, -0.1) is 0 Å². The number of benzene rings is 3. The number of rotatable bonds is 5. The van der Waals surface area contributed by atoms with Gasteiger partial charge in [-0.1, -0.05) is 24.3 Å². The molecule has 2 nitrogen and oxygen atoms in total. The number of hydrogen-bond donors (Lipinski definition) is 0. The van der Waals surface area contributed by atoms with Gasteiger partial charge in [0.15, 0.2) is 17.5 Å². The third-order valence-electron chi connectivity index (χ3n) is 5.38. The van der Waals surface area contributed by atoms with Crippen molar-refractivity contribution in [2.75, 3.05) is 0 Å². The second-order valence-corrected chi connectivity index (χ2v) is 7.77. The molecule has 3 aromatic rings. The minimum atomic E-state index is -4.64. The molecule has 4 rings (SSSR count). The maximum absolute atomic E-state index is 14.6. The molecule has 0 saturated carbocycles. The molecule has 3 aromatic carbocycles. The molecule has 0 amide bonds. The molecule has 9 heteroatoms. The first-order valence-corrected chi connectivity index (χ1v) is 10.0. The van der Waals surface area contributed by atoms with E-state index in [1.165, 1.54) is 0 Å². The van der Waals surface area contributed by atoms with Gasteiger partial charge in [0.25, 0.3) is 0 Å². The summed E-state index contributed by atoms with van der Waals surface area (Å²) in [4.78, 5) is 0. The molecule has 2 atom stereocenters. The lowest BCUT2D eigenvalue weighted by molar-refractivity contribution is -0.189. The van der Waals surface area contributed by atoms with Crippen LogP contribution in [-0.4, -0.2) is 6.10 Å². The molecular formula is C24H17F7O2. The minimum Gasteiger partial charge on any atom is -0.429 e. The Balaban J connectivity index is 1.60. The van der Waals surface area contributed by atoms with Crippen LogP contribution in [0.1, 0.15) is 37.0 Å². The van der Waals surface area contributed by atoms with Crippen LogP contribution in [0.15, 0.2) is 48.5 Å². The summed E-state index contributed by atoms with van der Waals surface area (Å²) in [5.74, 6) is -9.88. The summed E-state index contributed by atoms with van der Waals surface area (Å²) < 4.78 is 107. The first-order chi connectivity index (χ1) is 15.5. The highest BCUT2D eigenvalue weighted by atomic mass is 19.3. The van der Waals surface area contributed by atoms with Crippen LogP contribution in [0.5, 0.6) is 5.75 Å². The highest BCUT2D eigenvalue weighted by Crippen LogP contribution is 2.38. The second kappa shape index (κ2) is 8.70. The van der Waals surface area contributed by atoms with E-state index in [1.807, 2.05) is 6.92 Å². The van der Waals surface area contributed by atoms with Gasteiger partial charge in [0.1, 0.15) is 22.9 Å². The number of alkyl halides is 2. The van der Waals surface area contributed by atoms with E-state index in [0.29, 0.717) is 17.7 Å². The summed E-state index contributed by atoms with van der Waals surface area (Å²) in [5, 5.41) is 0. The van der Waals surface area contributed by atoms with Crippen molar-refractivity contribution in [2.24, 2.45) is 0 Å². The molecule has 1 aliphatic heterocycles. The van der Waals surface area contributed by atoms with E-state index >= 15 is 0 Å². The Morgan fingerprint density at radius 3 is 1.88 bits per heavy atom. The van der Waals surface area contributed by atoms with Crippen LogP contribution < -0.4 is 4.74 Å². The quantitative estimate of drug-likeness (QED) is 0.285. The van der Waals surface area contributed by atoms with Gasteiger partial charge in [-0.05, 0) is 48.6 Å². The predicted molar refractivity (Wildman–Crippen MR) is 105 cm³/mol. The molecule has 0 spiro atoms. The highest BCUT2D eigenvalue weighted by Gasteiger charge is 2.41. The molecule has 1 heterocycles. The smallest absolute Gasteiger partial charge is 0.429 e. The van der Waals surface area contributed by atoms with Gasteiger partial charge < -0.3 is 9.47 Å². The molecule has 1 aliphatic rings. The van der Waals surface area contributed by atoms with Crippen LogP contribution >= 0.6 is 0 Å². The predicted octanol–water partition coefficient (Wildman–Crippen LogP) is 7.42. The zero-order valence-corrected chi connectivity index (χ0v) is 17.1. The van der Waals surface area contributed by atoms with Crippen molar-refractivity contribution in [3.63, 3.8) is 0 Å². The van der Waals surface area contributed by atoms with E-state index in [0.717, 1.165) is 18.4 Å². The van der Waals surface area contributed by atoms with Crippen LogP contribution in [-0.2, 0) is 10.8 Å². The van der Waals surface area contributed by atoms with Gasteiger partial charge in [0.05, 0.1) is 12.2 Å². The van der Waals surface area contributed by atoms with E-state index in [1.54, 1.807) is 24.3 Å². The Morgan fingerprint density at radius 2 is 1.36 bits per heavy atom. The molecule has 0 aromatic heterocycles. The van der Waals surface area contributed by atoms with Crippen molar-refractivity contribution >= 4 is 0 Å². The Hall–Kier alpha value is -3.07. The van der Waals surface area contributed by atoms with E-state index in [4.69, 9.17) is 4.74 Å². The van der Waals surface area contributed by atoms with Gasteiger partial charge in [0, 0.05) is 12.1 Å². The number of hydrogen-bond acceptors (Lipinski definition) is 2. The third-order valence-corrected chi connectivity index (χ3v) is 5.38.